The number of carbonyl (C=O) groups excluding carboxylic acids is 2. The lowest BCUT2D eigenvalue weighted by Crippen LogP contribution is -2.31. The number of ketones is 1. The van der Waals surface area contributed by atoms with E-state index in [2.05, 4.69) is 0 Å². The molecule has 0 radical (unpaired) electrons. The molecule has 1 atom stereocenters. The zero-order chi connectivity index (χ0) is 19.6. The van der Waals surface area contributed by atoms with Crippen LogP contribution in [0.5, 0.6) is 0 Å². The second-order valence-corrected chi connectivity index (χ2v) is 6.49. The number of carboxylic acids is 1. The molecule has 1 saturated heterocycles. The van der Waals surface area contributed by atoms with Gasteiger partial charge in [0.05, 0.1) is 18.0 Å². The minimum atomic E-state index is -1.09. The fourth-order valence-electron chi connectivity index (χ4n) is 3.07. The zero-order valence-corrected chi connectivity index (χ0v) is 14.9. The summed E-state index contributed by atoms with van der Waals surface area (Å²) < 4.78 is 0. The van der Waals surface area contributed by atoms with Gasteiger partial charge in [0, 0.05) is 17.1 Å². The summed E-state index contributed by atoms with van der Waals surface area (Å²) in [7, 11) is 0. The van der Waals surface area contributed by atoms with E-state index in [1.807, 2.05) is 0 Å². The van der Waals surface area contributed by atoms with Crippen molar-refractivity contribution in [3.8, 4) is 0 Å². The van der Waals surface area contributed by atoms with Crippen molar-refractivity contribution in [2.75, 3.05) is 6.54 Å². The molecule has 3 rings (SSSR count). The lowest BCUT2D eigenvalue weighted by molar-refractivity contribution is -0.142. The van der Waals surface area contributed by atoms with E-state index in [9.17, 15) is 19.5 Å². The van der Waals surface area contributed by atoms with Crippen LogP contribution in [0.15, 0.2) is 60.2 Å². The fraction of sp³-hybridized carbons (Fsp3) is 0.150. The molecule has 1 heterocycles. The van der Waals surface area contributed by atoms with Gasteiger partial charge in [-0.25, -0.2) is 0 Å². The molecular weight excluding hydrogens is 370 g/mol. The Hall–Kier alpha value is -3.12. The number of Topliss-reactive ketones (excluding diaryl/α,β-unsaturated/α-hetero) is 1. The summed E-state index contributed by atoms with van der Waals surface area (Å²) in [5, 5.41) is 20.2. The van der Waals surface area contributed by atoms with E-state index in [-0.39, 0.29) is 24.3 Å². The maximum Gasteiger partial charge on any atom is 0.305 e. The SMILES string of the molecule is O=C(O)CCN1C(=O)C(=O)/C(=C(/O)c2ccccc2)C1c1ccc(Cl)cc1. The molecule has 0 aromatic heterocycles. The Bertz CT molecular complexity index is 921. The first-order chi connectivity index (χ1) is 12.9. The number of carbonyl (C=O) groups is 3. The van der Waals surface area contributed by atoms with E-state index < -0.39 is 23.7 Å². The largest absolute Gasteiger partial charge is 0.507 e. The number of aliphatic carboxylic acids is 1. The van der Waals surface area contributed by atoms with Crippen molar-refractivity contribution in [1.82, 2.24) is 4.90 Å². The number of nitrogens with zero attached hydrogens (tertiary/aromatic N) is 1. The van der Waals surface area contributed by atoms with Crippen LogP contribution in [0.3, 0.4) is 0 Å². The number of rotatable bonds is 5. The topological polar surface area (TPSA) is 94.9 Å². The Kier molecular flexibility index (Phi) is 5.28. The maximum absolute atomic E-state index is 12.6. The van der Waals surface area contributed by atoms with E-state index in [0.29, 0.717) is 16.1 Å². The Balaban J connectivity index is 2.14. The molecule has 138 valence electrons. The number of hydrogen-bond donors (Lipinski definition) is 2. The van der Waals surface area contributed by atoms with Gasteiger partial charge in [0.15, 0.2) is 0 Å². The minimum Gasteiger partial charge on any atom is -0.507 e. The van der Waals surface area contributed by atoms with Gasteiger partial charge in [-0.2, -0.15) is 0 Å². The third kappa shape index (κ3) is 3.71. The Morgan fingerprint density at radius 1 is 1.00 bits per heavy atom. The lowest BCUT2D eigenvalue weighted by atomic mass is 9.95. The highest BCUT2D eigenvalue weighted by Crippen LogP contribution is 2.39. The van der Waals surface area contributed by atoms with Crippen molar-refractivity contribution in [2.45, 2.75) is 12.5 Å². The average Bonchev–Trinajstić information content (AvgIpc) is 2.91. The average molecular weight is 386 g/mol. The van der Waals surface area contributed by atoms with E-state index >= 15 is 0 Å². The quantitative estimate of drug-likeness (QED) is 0.468. The summed E-state index contributed by atoms with van der Waals surface area (Å²) in [4.78, 5) is 37.3. The van der Waals surface area contributed by atoms with Crippen molar-refractivity contribution < 1.29 is 24.6 Å². The van der Waals surface area contributed by atoms with Crippen molar-refractivity contribution in [3.63, 3.8) is 0 Å². The molecule has 0 aliphatic carbocycles. The highest BCUT2D eigenvalue weighted by molar-refractivity contribution is 6.46. The molecular formula is C20H16ClNO5. The molecule has 1 aliphatic rings. The Labute approximate surface area is 160 Å². The second-order valence-electron chi connectivity index (χ2n) is 6.05. The summed E-state index contributed by atoms with van der Waals surface area (Å²) in [5.74, 6) is -3.07. The molecule has 0 bridgehead atoms. The van der Waals surface area contributed by atoms with Crippen LogP contribution in [0.25, 0.3) is 5.76 Å². The number of benzene rings is 2. The molecule has 27 heavy (non-hydrogen) atoms. The van der Waals surface area contributed by atoms with Crippen LogP contribution in [0.2, 0.25) is 5.02 Å². The zero-order valence-electron chi connectivity index (χ0n) is 14.1. The first kappa shape index (κ1) is 18.7. The molecule has 6 nitrogen and oxygen atoms in total. The number of aliphatic hydroxyl groups is 1. The number of amides is 1. The summed E-state index contributed by atoms with van der Waals surface area (Å²) in [6, 6.07) is 14.0. The third-order valence-electron chi connectivity index (χ3n) is 4.34. The molecule has 1 fully saturated rings. The molecule has 2 aromatic rings. The molecule has 7 heteroatoms. The van der Waals surface area contributed by atoms with E-state index in [0.717, 1.165) is 0 Å². The second kappa shape index (κ2) is 7.63. The molecule has 0 spiro atoms. The molecule has 1 amide bonds. The van der Waals surface area contributed by atoms with Crippen LogP contribution in [-0.2, 0) is 14.4 Å². The van der Waals surface area contributed by atoms with Crippen molar-refractivity contribution >= 4 is 35.0 Å². The van der Waals surface area contributed by atoms with Crippen LogP contribution >= 0.6 is 11.6 Å². The third-order valence-corrected chi connectivity index (χ3v) is 4.59. The standard InChI is InChI=1S/C20H16ClNO5/c21-14-8-6-12(7-9-14)17-16(18(25)13-4-2-1-3-5-13)19(26)20(27)22(17)11-10-15(23)24/h1-9,17,25H,10-11H2,(H,23,24)/b18-16+. The predicted molar refractivity (Wildman–Crippen MR) is 99.2 cm³/mol. The van der Waals surface area contributed by atoms with Gasteiger partial charge < -0.3 is 15.1 Å². The van der Waals surface area contributed by atoms with Crippen LogP contribution in [-0.4, -0.2) is 39.3 Å². The Morgan fingerprint density at radius 2 is 1.63 bits per heavy atom. The summed E-state index contributed by atoms with van der Waals surface area (Å²) in [5.41, 5.74) is 0.882. The van der Waals surface area contributed by atoms with Crippen molar-refractivity contribution in [3.05, 3.63) is 76.3 Å². The smallest absolute Gasteiger partial charge is 0.305 e. The normalized spacial score (nSPS) is 18.7. The molecule has 2 aromatic carbocycles. The van der Waals surface area contributed by atoms with Gasteiger partial charge in [-0.15, -0.1) is 0 Å². The van der Waals surface area contributed by atoms with E-state index in [4.69, 9.17) is 16.7 Å². The first-order valence-corrected chi connectivity index (χ1v) is 8.59. The number of hydrogen-bond acceptors (Lipinski definition) is 4. The maximum atomic E-state index is 12.6. The summed E-state index contributed by atoms with van der Waals surface area (Å²) >= 11 is 5.92. The van der Waals surface area contributed by atoms with Crippen LogP contribution in [0.4, 0.5) is 0 Å². The van der Waals surface area contributed by atoms with E-state index in [1.54, 1.807) is 54.6 Å². The fourth-order valence-corrected chi connectivity index (χ4v) is 3.20. The number of likely N-dealkylation sites (tertiary alicyclic amines) is 1. The molecule has 1 unspecified atom stereocenters. The first-order valence-electron chi connectivity index (χ1n) is 8.21. The van der Waals surface area contributed by atoms with Gasteiger partial charge >= 0.3 is 5.97 Å². The van der Waals surface area contributed by atoms with Gasteiger partial charge in [0.2, 0.25) is 0 Å². The summed E-state index contributed by atoms with van der Waals surface area (Å²) in [6.45, 7) is -0.154. The molecule has 0 saturated carbocycles. The van der Waals surface area contributed by atoms with Crippen LogP contribution in [0, 0.1) is 0 Å². The number of halogens is 1. The van der Waals surface area contributed by atoms with Crippen LogP contribution in [0.1, 0.15) is 23.6 Å². The van der Waals surface area contributed by atoms with E-state index in [1.165, 1.54) is 4.90 Å². The number of carboxylic acid groups (broad SMARTS) is 1. The highest BCUT2D eigenvalue weighted by Gasteiger charge is 2.45. The van der Waals surface area contributed by atoms with Gasteiger partial charge in [0.1, 0.15) is 5.76 Å². The van der Waals surface area contributed by atoms with Gasteiger partial charge in [0.25, 0.3) is 11.7 Å². The highest BCUT2D eigenvalue weighted by atomic mass is 35.5. The van der Waals surface area contributed by atoms with Crippen molar-refractivity contribution in [2.24, 2.45) is 0 Å². The molecule has 1 aliphatic heterocycles. The predicted octanol–water partition coefficient (Wildman–Crippen LogP) is 3.24. The Morgan fingerprint density at radius 3 is 2.22 bits per heavy atom. The lowest BCUT2D eigenvalue weighted by Gasteiger charge is -2.24. The van der Waals surface area contributed by atoms with Crippen molar-refractivity contribution in [1.29, 1.82) is 0 Å². The number of aliphatic hydroxyl groups excluding tert-OH is 1. The van der Waals surface area contributed by atoms with Gasteiger partial charge in [-0.3, -0.25) is 14.4 Å². The molecule has 2 N–H and O–H groups in total. The van der Waals surface area contributed by atoms with Crippen LogP contribution < -0.4 is 0 Å². The monoisotopic (exact) mass is 385 g/mol. The summed E-state index contributed by atoms with van der Waals surface area (Å²) in [6.07, 6.45) is -0.317. The van der Waals surface area contributed by atoms with Gasteiger partial charge in [-0.1, -0.05) is 54.1 Å². The van der Waals surface area contributed by atoms with Gasteiger partial charge in [-0.05, 0) is 17.7 Å². The minimum absolute atomic E-state index is 0.0705.